The van der Waals surface area contributed by atoms with Crippen LogP contribution >= 0.6 is 0 Å². The summed E-state index contributed by atoms with van der Waals surface area (Å²) in [5, 5.41) is 0. The van der Waals surface area contributed by atoms with E-state index >= 15 is 0 Å². The highest BCUT2D eigenvalue weighted by molar-refractivity contribution is 4.71. The highest BCUT2D eigenvalue weighted by Gasteiger charge is 1.79. The molecule has 0 aromatic carbocycles. The lowest BCUT2D eigenvalue weighted by Gasteiger charge is -1.84. The average molecular weight is 100 g/mol. The van der Waals surface area contributed by atoms with Gasteiger partial charge >= 0.3 is 0 Å². The van der Waals surface area contributed by atoms with Gasteiger partial charge in [-0.05, 0) is 0 Å². The van der Waals surface area contributed by atoms with Crippen molar-refractivity contribution < 1.29 is 4.39 Å². The van der Waals surface area contributed by atoms with Crippen molar-refractivity contribution in [2.75, 3.05) is 0 Å². The monoisotopic (exact) mass is 100 g/mol. The molecule has 0 spiro atoms. The first-order valence-electron chi connectivity index (χ1n) is 1.95. The van der Waals surface area contributed by atoms with Gasteiger partial charge in [0.15, 0.2) is 6.80 Å². The summed E-state index contributed by atoms with van der Waals surface area (Å²) in [6.07, 6.45) is 4.54. The van der Waals surface area contributed by atoms with Gasteiger partial charge in [-0.25, -0.2) is 9.37 Å². The molecular weight excluding hydrogens is 95.1 g/mol. The summed E-state index contributed by atoms with van der Waals surface area (Å²) in [5.74, 6) is 0. The van der Waals surface area contributed by atoms with E-state index < -0.39 is 6.80 Å². The van der Waals surface area contributed by atoms with Gasteiger partial charge in [0.2, 0.25) is 0 Å². The molecule has 0 radical (unpaired) electrons. The minimum atomic E-state index is -0.486. The number of imidazole rings is 1. The normalized spacial score (nSPS) is 9.29. The van der Waals surface area contributed by atoms with Crippen LogP contribution < -0.4 is 0 Å². The van der Waals surface area contributed by atoms with Crippen LogP contribution in [0.5, 0.6) is 0 Å². The Bertz CT molecular complexity index is 124. The van der Waals surface area contributed by atoms with Crippen molar-refractivity contribution in [3.05, 3.63) is 18.7 Å². The highest BCUT2D eigenvalue weighted by atomic mass is 19.1. The molecule has 0 unspecified atom stereocenters. The number of halogens is 1. The smallest absolute Gasteiger partial charge is 0.166 e. The number of aromatic nitrogens is 2. The Hall–Kier alpha value is -0.860. The number of hydrogen-bond donors (Lipinski definition) is 0. The molecule has 1 aromatic heterocycles. The molecule has 0 atom stereocenters. The molecule has 0 saturated carbocycles. The van der Waals surface area contributed by atoms with Gasteiger partial charge in [0, 0.05) is 12.4 Å². The van der Waals surface area contributed by atoms with Gasteiger partial charge in [0.25, 0.3) is 0 Å². The lowest BCUT2D eigenvalue weighted by atomic mass is 10.9. The van der Waals surface area contributed by atoms with Crippen LogP contribution in [0.1, 0.15) is 0 Å². The van der Waals surface area contributed by atoms with Crippen LogP contribution in [0.4, 0.5) is 4.39 Å². The number of nitrogens with zero attached hydrogens (tertiary/aromatic N) is 2. The molecule has 0 saturated heterocycles. The SMILES string of the molecule is FCn1ccnc1. The Labute approximate surface area is 40.6 Å². The molecule has 0 aliphatic heterocycles. The summed E-state index contributed by atoms with van der Waals surface area (Å²) >= 11 is 0. The molecule has 0 N–H and O–H groups in total. The van der Waals surface area contributed by atoms with E-state index in [1.165, 1.54) is 10.9 Å². The van der Waals surface area contributed by atoms with E-state index in [1.54, 1.807) is 12.4 Å². The Balaban J connectivity index is 2.76. The lowest BCUT2D eigenvalue weighted by molar-refractivity contribution is 0.377. The van der Waals surface area contributed by atoms with E-state index in [9.17, 15) is 4.39 Å². The fraction of sp³-hybridized carbons (Fsp3) is 0.250. The van der Waals surface area contributed by atoms with Crippen molar-refractivity contribution in [2.24, 2.45) is 0 Å². The van der Waals surface area contributed by atoms with Crippen LogP contribution in [0.25, 0.3) is 0 Å². The van der Waals surface area contributed by atoms with Crippen LogP contribution in [0, 0.1) is 0 Å². The maximum atomic E-state index is 11.5. The van der Waals surface area contributed by atoms with Crippen molar-refractivity contribution in [1.82, 2.24) is 9.55 Å². The van der Waals surface area contributed by atoms with Crippen molar-refractivity contribution in [3.8, 4) is 0 Å². The summed E-state index contributed by atoms with van der Waals surface area (Å²) in [6.45, 7) is -0.486. The average Bonchev–Trinajstić information content (AvgIpc) is 2.14. The third-order valence-electron chi connectivity index (χ3n) is 0.697. The zero-order valence-corrected chi connectivity index (χ0v) is 3.71. The molecule has 7 heavy (non-hydrogen) atoms. The van der Waals surface area contributed by atoms with Crippen molar-refractivity contribution in [3.63, 3.8) is 0 Å². The minimum Gasteiger partial charge on any atom is -0.309 e. The summed E-state index contributed by atoms with van der Waals surface area (Å²) in [4.78, 5) is 3.62. The molecule has 3 heteroatoms. The predicted octanol–water partition coefficient (Wildman–Crippen LogP) is 0.810. The van der Waals surface area contributed by atoms with Gasteiger partial charge in [0.05, 0.1) is 6.33 Å². The fourth-order valence-electron chi connectivity index (χ4n) is 0.357. The molecule has 1 aromatic rings. The molecule has 38 valence electrons. The van der Waals surface area contributed by atoms with Gasteiger partial charge in [-0.15, -0.1) is 0 Å². The quantitative estimate of drug-likeness (QED) is 0.510. The van der Waals surface area contributed by atoms with Crippen LogP contribution in [0.15, 0.2) is 18.7 Å². The third-order valence-corrected chi connectivity index (χ3v) is 0.697. The molecule has 0 aliphatic carbocycles. The maximum Gasteiger partial charge on any atom is 0.166 e. The minimum absolute atomic E-state index is 0.486. The van der Waals surface area contributed by atoms with Gasteiger partial charge in [-0.2, -0.15) is 0 Å². The second-order valence-corrected chi connectivity index (χ2v) is 1.20. The van der Waals surface area contributed by atoms with E-state index in [2.05, 4.69) is 4.98 Å². The van der Waals surface area contributed by atoms with Crippen molar-refractivity contribution in [1.29, 1.82) is 0 Å². The maximum absolute atomic E-state index is 11.5. The summed E-state index contributed by atoms with van der Waals surface area (Å²) in [7, 11) is 0. The van der Waals surface area contributed by atoms with E-state index in [-0.39, 0.29) is 0 Å². The Morgan fingerprint density at radius 3 is 2.86 bits per heavy atom. The Morgan fingerprint density at radius 1 is 1.71 bits per heavy atom. The van der Waals surface area contributed by atoms with Gasteiger partial charge in [-0.3, -0.25) is 0 Å². The Kier molecular flexibility index (Phi) is 1.06. The van der Waals surface area contributed by atoms with Crippen molar-refractivity contribution >= 4 is 0 Å². The Morgan fingerprint density at radius 2 is 2.57 bits per heavy atom. The van der Waals surface area contributed by atoms with Crippen LogP contribution in [0.3, 0.4) is 0 Å². The molecule has 0 aliphatic rings. The standard InChI is InChI=1S/C4H5FN2/c5-3-7-2-1-6-4-7/h1-2,4H,3H2. The number of alkyl halides is 1. The topological polar surface area (TPSA) is 17.8 Å². The fourth-order valence-corrected chi connectivity index (χ4v) is 0.357. The molecule has 1 rings (SSSR count). The first-order valence-corrected chi connectivity index (χ1v) is 1.95. The predicted molar refractivity (Wildman–Crippen MR) is 23.3 cm³/mol. The molecule has 0 amide bonds. The van der Waals surface area contributed by atoms with E-state index in [1.807, 2.05) is 0 Å². The third kappa shape index (κ3) is 0.765. The van der Waals surface area contributed by atoms with E-state index in [0.717, 1.165) is 0 Å². The molecular formula is C4H5FN2. The summed E-state index contributed by atoms with van der Waals surface area (Å²) < 4.78 is 12.8. The van der Waals surface area contributed by atoms with Crippen LogP contribution in [-0.4, -0.2) is 9.55 Å². The molecule has 2 nitrogen and oxygen atoms in total. The number of rotatable bonds is 1. The summed E-state index contributed by atoms with van der Waals surface area (Å²) in [5.41, 5.74) is 0. The zero-order chi connectivity index (χ0) is 5.11. The molecule has 0 fully saturated rings. The molecule has 1 heterocycles. The number of hydrogen-bond acceptors (Lipinski definition) is 1. The second kappa shape index (κ2) is 1.73. The highest BCUT2D eigenvalue weighted by Crippen LogP contribution is 1.83. The first kappa shape index (κ1) is 4.30. The van der Waals surface area contributed by atoms with Gasteiger partial charge in [0.1, 0.15) is 0 Å². The first-order chi connectivity index (χ1) is 3.43. The van der Waals surface area contributed by atoms with Crippen molar-refractivity contribution in [2.45, 2.75) is 6.80 Å². The van der Waals surface area contributed by atoms with Gasteiger partial charge < -0.3 is 4.57 Å². The van der Waals surface area contributed by atoms with Crippen LogP contribution in [-0.2, 0) is 6.80 Å². The van der Waals surface area contributed by atoms with E-state index in [0.29, 0.717) is 0 Å². The van der Waals surface area contributed by atoms with Gasteiger partial charge in [-0.1, -0.05) is 0 Å². The second-order valence-electron chi connectivity index (χ2n) is 1.20. The van der Waals surface area contributed by atoms with Crippen LogP contribution in [0.2, 0.25) is 0 Å². The zero-order valence-electron chi connectivity index (χ0n) is 3.71. The van der Waals surface area contributed by atoms with E-state index in [4.69, 9.17) is 0 Å². The lowest BCUT2D eigenvalue weighted by Crippen LogP contribution is -1.84. The summed E-state index contributed by atoms with van der Waals surface area (Å²) in [6, 6.07) is 0. The largest absolute Gasteiger partial charge is 0.309 e. The molecule has 0 bridgehead atoms.